The number of halogens is 2. The summed E-state index contributed by atoms with van der Waals surface area (Å²) in [4.78, 5) is 12.8. The summed E-state index contributed by atoms with van der Waals surface area (Å²) in [5, 5.41) is 4.16. The maximum atomic E-state index is 12.8. The second-order valence-electron chi connectivity index (χ2n) is 6.68. The molecular weight excluding hydrogens is 422 g/mol. The molecule has 0 aliphatic heterocycles. The molecule has 0 heterocycles. The predicted molar refractivity (Wildman–Crippen MR) is 117 cm³/mol. The van der Waals surface area contributed by atoms with Crippen molar-refractivity contribution in [2.24, 2.45) is 0 Å². The zero-order valence-corrected chi connectivity index (χ0v) is 17.6. The van der Waals surface area contributed by atoms with Gasteiger partial charge in [0.05, 0.1) is 6.04 Å². The summed E-state index contributed by atoms with van der Waals surface area (Å²) >= 11 is 9.41. The molecule has 0 fully saturated rings. The first-order valence-corrected chi connectivity index (χ1v) is 9.97. The molecule has 0 saturated heterocycles. The van der Waals surface area contributed by atoms with Gasteiger partial charge in [-0.15, -0.1) is 0 Å². The third-order valence-electron chi connectivity index (χ3n) is 4.68. The molecule has 1 N–H and O–H groups in total. The smallest absolute Gasteiger partial charge is 0.165 e. The summed E-state index contributed by atoms with van der Waals surface area (Å²) in [6, 6.07) is 21.3. The Hall–Kier alpha value is -2.10. The minimum absolute atomic E-state index is 0.0796. The second-order valence-corrected chi connectivity index (χ2v) is 8.03. The van der Waals surface area contributed by atoms with Crippen molar-refractivity contribution in [1.82, 2.24) is 0 Å². The zero-order chi connectivity index (χ0) is 19.4. The highest BCUT2D eigenvalue weighted by atomic mass is 79.9. The van der Waals surface area contributed by atoms with Crippen LogP contribution in [0, 0.1) is 13.8 Å². The van der Waals surface area contributed by atoms with E-state index in [1.54, 1.807) is 24.3 Å². The van der Waals surface area contributed by atoms with Gasteiger partial charge in [0, 0.05) is 27.2 Å². The second kappa shape index (κ2) is 8.73. The van der Waals surface area contributed by atoms with Crippen molar-refractivity contribution in [3.05, 3.63) is 98.5 Å². The third-order valence-corrected chi connectivity index (χ3v) is 5.46. The van der Waals surface area contributed by atoms with E-state index in [-0.39, 0.29) is 11.8 Å². The maximum Gasteiger partial charge on any atom is 0.165 e. The summed E-state index contributed by atoms with van der Waals surface area (Å²) in [5.74, 6) is 0.0796. The predicted octanol–water partition coefficient (Wildman–Crippen LogP) is 7.15. The van der Waals surface area contributed by atoms with Gasteiger partial charge in [-0.3, -0.25) is 4.79 Å². The monoisotopic (exact) mass is 441 g/mol. The van der Waals surface area contributed by atoms with Crippen LogP contribution in [-0.4, -0.2) is 5.78 Å². The molecule has 0 saturated carbocycles. The van der Waals surface area contributed by atoms with Crippen molar-refractivity contribution in [1.29, 1.82) is 0 Å². The molecule has 1 atom stereocenters. The van der Waals surface area contributed by atoms with E-state index in [9.17, 15) is 4.79 Å². The number of carbonyl (C=O) groups excluding carboxylic acids is 1. The average Bonchev–Trinajstić information content (AvgIpc) is 2.65. The maximum absolute atomic E-state index is 12.8. The van der Waals surface area contributed by atoms with Crippen LogP contribution in [0.2, 0.25) is 5.02 Å². The summed E-state index contributed by atoms with van der Waals surface area (Å²) in [5.41, 5.74) is 5.22. The van der Waals surface area contributed by atoms with Gasteiger partial charge in [-0.1, -0.05) is 45.7 Å². The summed E-state index contributed by atoms with van der Waals surface area (Å²) < 4.78 is 1.01. The van der Waals surface area contributed by atoms with Crippen LogP contribution >= 0.6 is 27.5 Å². The topological polar surface area (TPSA) is 29.1 Å². The molecular formula is C23H21BrClNO. The van der Waals surface area contributed by atoms with Gasteiger partial charge in [0.15, 0.2) is 5.78 Å². The Morgan fingerprint density at radius 1 is 0.963 bits per heavy atom. The third kappa shape index (κ3) is 5.21. The van der Waals surface area contributed by atoms with Crippen LogP contribution in [0.5, 0.6) is 0 Å². The summed E-state index contributed by atoms with van der Waals surface area (Å²) in [6.45, 7) is 4.18. The van der Waals surface area contributed by atoms with Crippen LogP contribution in [0.1, 0.15) is 39.5 Å². The van der Waals surface area contributed by atoms with E-state index >= 15 is 0 Å². The number of hydrogen-bond donors (Lipinski definition) is 1. The van der Waals surface area contributed by atoms with E-state index in [1.165, 1.54) is 11.1 Å². The lowest BCUT2D eigenvalue weighted by Crippen LogP contribution is -2.16. The Kier molecular flexibility index (Phi) is 6.35. The van der Waals surface area contributed by atoms with Gasteiger partial charge in [0.2, 0.25) is 0 Å². The molecule has 2 nitrogen and oxygen atoms in total. The Bertz CT molecular complexity index is 936. The summed E-state index contributed by atoms with van der Waals surface area (Å²) in [7, 11) is 0. The molecule has 3 rings (SSSR count). The van der Waals surface area contributed by atoms with Gasteiger partial charge in [0.1, 0.15) is 0 Å². The highest BCUT2D eigenvalue weighted by molar-refractivity contribution is 9.10. The van der Waals surface area contributed by atoms with Crippen molar-refractivity contribution < 1.29 is 4.79 Å². The highest BCUT2D eigenvalue weighted by Crippen LogP contribution is 2.27. The lowest BCUT2D eigenvalue weighted by atomic mass is 9.97. The fraction of sp³-hybridized carbons (Fsp3) is 0.174. The molecule has 3 aromatic carbocycles. The van der Waals surface area contributed by atoms with Crippen molar-refractivity contribution in [2.45, 2.75) is 26.3 Å². The van der Waals surface area contributed by atoms with Crippen LogP contribution in [0.4, 0.5) is 5.69 Å². The van der Waals surface area contributed by atoms with E-state index in [2.05, 4.69) is 53.3 Å². The van der Waals surface area contributed by atoms with Crippen molar-refractivity contribution in [3.8, 4) is 0 Å². The molecule has 0 aliphatic rings. The van der Waals surface area contributed by atoms with Gasteiger partial charge < -0.3 is 5.32 Å². The number of aryl methyl sites for hydroxylation is 2. The van der Waals surface area contributed by atoms with E-state index < -0.39 is 0 Å². The van der Waals surface area contributed by atoms with E-state index in [4.69, 9.17) is 11.6 Å². The first kappa shape index (κ1) is 19.7. The number of benzene rings is 3. The molecule has 1 unspecified atom stereocenters. The largest absolute Gasteiger partial charge is 0.378 e. The molecule has 0 radical (unpaired) electrons. The number of nitrogens with one attached hydrogen (secondary N) is 1. The number of rotatable bonds is 6. The van der Waals surface area contributed by atoms with Gasteiger partial charge in [-0.2, -0.15) is 0 Å². The molecule has 0 aliphatic carbocycles. The Labute approximate surface area is 173 Å². The SMILES string of the molecule is Cc1ccc(NC(CC(=O)c2ccc(Cl)cc2)c2ccc(Br)cc2)cc1C. The normalized spacial score (nSPS) is 11.9. The highest BCUT2D eigenvalue weighted by Gasteiger charge is 2.18. The summed E-state index contributed by atoms with van der Waals surface area (Å²) in [6.07, 6.45) is 0.357. The van der Waals surface area contributed by atoms with Crippen LogP contribution in [0.3, 0.4) is 0 Å². The first-order chi connectivity index (χ1) is 12.9. The van der Waals surface area contributed by atoms with E-state index in [0.717, 1.165) is 15.7 Å². The van der Waals surface area contributed by atoms with Crippen molar-refractivity contribution in [3.63, 3.8) is 0 Å². The van der Waals surface area contributed by atoms with Crippen LogP contribution < -0.4 is 5.32 Å². The molecule has 0 amide bonds. The molecule has 3 aromatic rings. The van der Waals surface area contributed by atoms with E-state index in [0.29, 0.717) is 17.0 Å². The first-order valence-electron chi connectivity index (χ1n) is 8.80. The number of ketones is 1. The standard InChI is InChI=1S/C23H21BrClNO/c1-15-3-12-21(13-16(15)2)26-22(17-4-8-19(24)9-5-17)14-23(27)18-6-10-20(25)11-7-18/h3-13,22,26H,14H2,1-2H3. The van der Waals surface area contributed by atoms with Crippen molar-refractivity contribution in [2.75, 3.05) is 5.32 Å². The van der Waals surface area contributed by atoms with Gasteiger partial charge in [-0.25, -0.2) is 0 Å². The molecule has 27 heavy (non-hydrogen) atoms. The molecule has 0 bridgehead atoms. The van der Waals surface area contributed by atoms with Crippen LogP contribution in [-0.2, 0) is 0 Å². The lowest BCUT2D eigenvalue weighted by Gasteiger charge is -2.21. The van der Waals surface area contributed by atoms with Gasteiger partial charge >= 0.3 is 0 Å². The minimum Gasteiger partial charge on any atom is -0.378 e. The molecule has 4 heteroatoms. The lowest BCUT2D eigenvalue weighted by molar-refractivity contribution is 0.0976. The fourth-order valence-electron chi connectivity index (χ4n) is 2.92. The Morgan fingerprint density at radius 3 is 2.26 bits per heavy atom. The minimum atomic E-state index is -0.122. The quantitative estimate of drug-likeness (QED) is 0.411. The number of anilines is 1. The van der Waals surface area contributed by atoms with Crippen LogP contribution in [0.25, 0.3) is 0 Å². The number of Topliss-reactive ketones (excluding diaryl/α,β-unsaturated/α-hetero) is 1. The molecule has 138 valence electrons. The van der Waals surface area contributed by atoms with Crippen molar-refractivity contribution >= 4 is 39.0 Å². The van der Waals surface area contributed by atoms with E-state index in [1.807, 2.05) is 24.3 Å². The number of carbonyl (C=O) groups is 1. The Balaban J connectivity index is 1.86. The fourth-order valence-corrected chi connectivity index (χ4v) is 3.31. The van der Waals surface area contributed by atoms with Crippen LogP contribution in [0.15, 0.2) is 71.2 Å². The molecule has 0 aromatic heterocycles. The Morgan fingerprint density at radius 2 is 1.63 bits per heavy atom. The average molecular weight is 443 g/mol. The zero-order valence-electron chi connectivity index (χ0n) is 15.3. The molecule has 0 spiro atoms. The van der Waals surface area contributed by atoms with Gasteiger partial charge in [-0.05, 0) is 79.1 Å². The van der Waals surface area contributed by atoms with Gasteiger partial charge in [0.25, 0.3) is 0 Å². The number of hydrogen-bond acceptors (Lipinski definition) is 2.